The SMILES string of the molecule is CCCNC(N)=NCc1cccc(NC(=O)CCC)c1. The number of carbonyl (C=O) groups excluding carboxylic acids is 1. The summed E-state index contributed by atoms with van der Waals surface area (Å²) in [6.45, 7) is 5.38. The maximum absolute atomic E-state index is 11.5. The van der Waals surface area contributed by atoms with Gasteiger partial charge in [-0.2, -0.15) is 0 Å². The molecular formula is C15H24N4O. The van der Waals surface area contributed by atoms with Gasteiger partial charge in [0.15, 0.2) is 5.96 Å². The molecule has 0 spiro atoms. The highest BCUT2D eigenvalue weighted by Crippen LogP contribution is 2.12. The third-order valence-electron chi connectivity index (χ3n) is 2.68. The van der Waals surface area contributed by atoms with E-state index in [1.807, 2.05) is 31.2 Å². The molecule has 4 N–H and O–H groups in total. The van der Waals surface area contributed by atoms with Crippen molar-refractivity contribution < 1.29 is 4.79 Å². The molecule has 0 atom stereocenters. The van der Waals surface area contributed by atoms with Crippen LogP contribution >= 0.6 is 0 Å². The molecule has 1 aromatic carbocycles. The van der Waals surface area contributed by atoms with Gasteiger partial charge in [-0.3, -0.25) is 4.79 Å². The number of nitrogens with two attached hydrogens (primary N) is 1. The number of guanidine groups is 1. The van der Waals surface area contributed by atoms with Crippen molar-refractivity contribution in [3.63, 3.8) is 0 Å². The van der Waals surface area contributed by atoms with Crippen molar-refractivity contribution in [2.45, 2.75) is 39.7 Å². The van der Waals surface area contributed by atoms with E-state index in [0.717, 1.165) is 30.6 Å². The molecule has 1 amide bonds. The summed E-state index contributed by atoms with van der Waals surface area (Å²) in [5.74, 6) is 0.490. The normalized spacial score (nSPS) is 11.2. The predicted molar refractivity (Wildman–Crippen MR) is 83.6 cm³/mol. The lowest BCUT2D eigenvalue weighted by molar-refractivity contribution is -0.116. The maximum atomic E-state index is 11.5. The summed E-state index contributed by atoms with van der Waals surface area (Å²) in [4.78, 5) is 15.8. The highest BCUT2D eigenvalue weighted by atomic mass is 16.1. The van der Waals surface area contributed by atoms with Crippen LogP contribution in [-0.2, 0) is 11.3 Å². The van der Waals surface area contributed by atoms with Crippen LogP contribution in [0.15, 0.2) is 29.3 Å². The molecule has 1 aromatic rings. The van der Waals surface area contributed by atoms with Crippen molar-refractivity contribution in [2.75, 3.05) is 11.9 Å². The second kappa shape index (κ2) is 8.96. The van der Waals surface area contributed by atoms with Crippen LogP contribution in [0.2, 0.25) is 0 Å². The summed E-state index contributed by atoms with van der Waals surface area (Å²) in [5, 5.41) is 5.90. The minimum atomic E-state index is 0.0391. The van der Waals surface area contributed by atoms with E-state index in [4.69, 9.17) is 5.73 Å². The van der Waals surface area contributed by atoms with Crippen LogP contribution < -0.4 is 16.4 Å². The highest BCUT2D eigenvalue weighted by Gasteiger charge is 2.01. The van der Waals surface area contributed by atoms with E-state index >= 15 is 0 Å². The van der Waals surface area contributed by atoms with Crippen LogP contribution in [0.3, 0.4) is 0 Å². The number of benzene rings is 1. The van der Waals surface area contributed by atoms with E-state index in [0.29, 0.717) is 18.9 Å². The number of hydrogen-bond acceptors (Lipinski definition) is 2. The number of amides is 1. The molecule has 0 aromatic heterocycles. The fourth-order valence-electron chi connectivity index (χ4n) is 1.68. The molecule has 0 saturated heterocycles. The molecule has 0 bridgehead atoms. The monoisotopic (exact) mass is 276 g/mol. The van der Waals surface area contributed by atoms with Gasteiger partial charge in [-0.15, -0.1) is 0 Å². The van der Waals surface area contributed by atoms with Gasteiger partial charge in [0.2, 0.25) is 5.91 Å². The van der Waals surface area contributed by atoms with Crippen LogP contribution in [0.25, 0.3) is 0 Å². The van der Waals surface area contributed by atoms with Crippen molar-refractivity contribution in [1.29, 1.82) is 0 Å². The Morgan fingerprint density at radius 2 is 2.10 bits per heavy atom. The van der Waals surface area contributed by atoms with Crippen molar-refractivity contribution in [2.24, 2.45) is 10.7 Å². The Labute approximate surface area is 120 Å². The number of nitrogens with zero attached hydrogens (tertiary/aromatic N) is 1. The van der Waals surface area contributed by atoms with E-state index in [9.17, 15) is 4.79 Å². The zero-order valence-electron chi connectivity index (χ0n) is 12.3. The number of rotatable bonds is 7. The Morgan fingerprint density at radius 3 is 2.80 bits per heavy atom. The number of hydrogen-bond donors (Lipinski definition) is 3. The molecule has 1 rings (SSSR count). The summed E-state index contributed by atoms with van der Waals surface area (Å²) in [6.07, 6.45) is 2.39. The van der Waals surface area contributed by atoms with E-state index < -0.39 is 0 Å². The average molecular weight is 276 g/mol. The molecule has 20 heavy (non-hydrogen) atoms. The van der Waals surface area contributed by atoms with Crippen LogP contribution in [0, 0.1) is 0 Å². The minimum absolute atomic E-state index is 0.0391. The number of aliphatic imine (C=N–C) groups is 1. The van der Waals surface area contributed by atoms with Gasteiger partial charge < -0.3 is 16.4 Å². The van der Waals surface area contributed by atoms with Crippen LogP contribution in [-0.4, -0.2) is 18.4 Å². The third-order valence-corrected chi connectivity index (χ3v) is 2.68. The molecule has 110 valence electrons. The van der Waals surface area contributed by atoms with Crippen molar-refractivity contribution in [3.8, 4) is 0 Å². The van der Waals surface area contributed by atoms with Gasteiger partial charge in [-0.1, -0.05) is 26.0 Å². The van der Waals surface area contributed by atoms with Crippen LogP contribution in [0.1, 0.15) is 38.7 Å². The Kier molecular flexibility index (Phi) is 7.17. The van der Waals surface area contributed by atoms with Gasteiger partial charge in [0.1, 0.15) is 0 Å². The summed E-state index contributed by atoms with van der Waals surface area (Å²) in [6, 6.07) is 7.66. The largest absolute Gasteiger partial charge is 0.370 e. The smallest absolute Gasteiger partial charge is 0.224 e. The van der Waals surface area contributed by atoms with Gasteiger partial charge in [0, 0.05) is 18.7 Å². The van der Waals surface area contributed by atoms with Gasteiger partial charge in [-0.25, -0.2) is 4.99 Å². The molecule has 0 aliphatic rings. The van der Waals surface area contributed by atoms with E-state index in [1.165, 1.54) is 0 Å². The van der Waals surface area contributed by atoms with Gasteiger partial charge in [0.05, 0.1) is 6.54 Å². The van der Waals surface area contributed by atoms with Crippen LogP contribution in [0.4, 0.5) is 5.69 Å². The van der Waals surface area contributed by atoms with Gasteiger partial charge in [-0.05, 0) is 30.5 Å². The van der Waals surface area contributed by atoms with Crippen molar-refractivity contribution >= 4 is 17.6 Å². The number of nitrogens with one attached hydrogen (secondary N) is 2. The zero-order valence-corrected chi connectivity index (χ0v) is 12.3. The van der Waals surface area contributed by atoms with E-state index in [2.05, 4.69) is 22.5 Å². The Bertz CT molecular complexity index is 457. The predicted octanol–water partition coefficient (Wildman–Crippen LogP) is 2.24. The fourth-order valence-corrected chi connectivity index (χ4v) is 1.68. The Hall–Kier alpha value is -2.04. The first-order chi connectivity index (χ1) is 9.65. The summed E-state index contributed by atoms with van der Waals surface area (Å²) in [7, 11) is 0. The summed E-state index contributed by atoms with van der Waals surface area (Å²) < 4.78 is 0. The molecule has 5 heteroatoms. The maximum Gasteiger partial charge on any atom is 0.224 e. The van der Waals surface area contributed by atoms with Crippen molar-refractivity contribution in [1.82, 2.24) is 5.32 Å². The fraction of sp³-hybridized carbons (Fsp3) is 0.467. The Morgan fingerprint density at radius 1 is 1.30 bits per heavy atom. The lowest BCUT2D eigenvalue weighted by Crippen LogP contribution is -2.32. The molecule has 0 aliphatic heterocycles. The topological polar surface area (TPSA) is 79.5 Å². The molecule has 0 aliphatic carbocycles. The Balaban J connectivity index is 2.57. The molecule has 0 heterocycles. The lowest BCUT2D eigenvalue weighted by atomic mass is 10.2. The summed E-state index contributed by atoms with van der Waals surface area (Å²) >= 11 is 0. The van der Waals surface area contributed by atoms with Gasteiger partial charge >= 0.3 is 0 Å². The van der Waals surface area contributed by atoms with Crippen molar-refractivity contribution in [3.05, 3.63) is 29.8 Å². The molecule has 5 nitrogen and oxygen atoms in total. The average Bonchev–Trinajstić information content (AvgIpc) is 2.43. The summed E-state index contributed by atoms with van der Waals surface area (Å²) in [5.41, 5.74) is 7.55. The second-order valence-electron chi connectivity index (χ2n) is 4.63. The lowest BCUT2D eigenvalue weighted by Gasteiger charge is -2.07. The van der Waals surface area contributed by atoms with E-state index in [-0.39, 0.29) is 5.91 Å². The standard InChI is InChI=1S/C15H24N4O/c1-3-6-14(20)19-13-8-5-7-12(10-13)11-18-15(16)17-9-4-2/h5,7-8,10H,3-4,6,9,11H2,1-2H3,(H,19,20)(H3,16,17,18). The molecule has 0 radical (unpaired) electrons. The number of carbonyl (C=O) groups is 1. The first kappa shape index (κ1) is 16.0. The van der Waals surface area contributed by atoms with Gasteiger partial charge in [0.25, 0.3) is 0 Å². The first-order valence-electron chi connectivity index (χ1n) is 7.08. The molecule has 0 unspecified atom stereocenters. The van der Waals surface area contributed by atoms with Crippen LogP contribution in [0.5, 0.6) is 0 Å². The third kappa shape index (κ3) is 6.22. The second-order valence-corrected chi connectivity index (χ2v) is 4.63. The molecule has 0 fully saturated rings. The minimum Gasteiger partial charge on any atom is -0.370 e. The number of anilines is 1. The molecule has 0 saturated carbocycles. The zero-order chi connectivity index (χ0) is 14.8. The quantitative estimate of drug-likeness (QED) is 0.528. The highest BCUT2D eigenvalue weighted by molar-refractivity contribution is 5.90. The first-order valence-corrected chi connectivity index (χ1v) is 7.08. The van der Waals surface area contributed by atoms with E-state index in [1.54, 1.807) is 0 Å². The molecular weight excluding hydrogens is 252 g/mol.